The second kappa shape index (κ2) is 8.16. The van der Waals surface area contributed by atoms with E-state index in [-0.39, 0.29) is 17.7 Å². The second-order valence-corrected chi connectivity index (χ2v) is 8.16. The summed E-state index contributed by atoms with van der Waals surface area (Å²) in [6.45, 7) is 3.40. The Morgan fingerprint density at radius 2 is 2.17 bits per heavy atom. The molecule has 0 radical (unpaired) electrons. The molecular weight excluding hydrogens is 384 g/mol. The lowest BCUT2D eigenvalue weighted by atomic mass is 10.0. The Bertz CT molecular complexity index is 1080. The zero-order valence-electron chi connectivity index (χ0n) is 17.1. The Balaban J connectivity index is 1.58. The minimum atomic E-state index is -0.209. The molecule has 2 aliphatic rings. The summed E-state index contributed by atoms with van der Waals surface area (Å²) in [5.41, 5.74) is 1.36. The van der Waals surface area contributed by atoms with Gasteiger partial charge in [-0.25, -0.2) is 4.68 Å². The van der Waals surface area contributed by atoms with Crippen LogP contribution in [0.3, 0.4) is 0 Å². The third kappa shape index (κ3) is 3.59. The molecule has 4 heterocycles. The van der Waals surface area contributed by atoms with Crippen LogP contribution < -0.4 is 15.2 Å². The van der Waals surface area contributed by atoms with E-state index in [4.69, 9.17) is 9.47 Å². The number of fused-ring (bicyclic) bond motifs is 1. The number of nitrogens with zero attached hydrogens (tertiary/aromatic N) is 4. The van der Waals surface area contributed by atoms with Crippen LogP contribution in [0.1, 0.15) is 43.1 Å². The number of pyridine rings is 1. The number of H-pyrrole nitrogens is 1. The molecular formula is C21H27N6O3+. The van der Waals surface area contributed by atoms with E-state index in [0.29, 0.717) is 17.9 Å². The van der Waals surface area contributed by atoms with Crippen LogP contribution in [0.4, 0.5) is 0 Å². The lowest BCUT2D eigenvalue weighted by molar-refractivity contribution is -0.914. The van der Waals surface area contributed by atoms with Crippen molar-refractivity contribution in [2.45, 2.75) is 44.4 Å². The zero-order chi connectivity index (χ0) is 20.5. The van der Waals surface area contributed by atoms with E-state index in [2.05, 4.69) is 20.5 Å². The maximum atomic E-state index is 13.2. The summed E-state index contributed by atoms with van der Waals surface area (Å²) < 4.78 is 12.9. The number of ether oxygens (including phenoxy) is 2. The molecule has 2 aromatic heterocycles. The molecule has 2 N–H and O–H groups in total. The highest BCUT2D eigenvalue weighted by Gasteiger charge is 2.36. The lowest BCUT2D eigenvalue weighted by Gasteiger charge is -2.24. The van der Waals surface area contributed by atoms with Gasteiger partial charge in [0.05, 0.1) is 43.9 Å². The fourth-order valence-corrected chi connectivity index (χ4v) is 4.73. The molecule has 5 rings (SSSR count). The summed E-state index contributed by atoms with van der Waals surface area (Å²) in [4.78, 5) is 17.5. The van der Waals surface area contributed by atoms with Gasteiger partial charge in [-0.1, -0.05) is 0 Å². The molecule has 0 spiro atoms. The van der Waals surface area contributed by atoms with Crippen molar-refractivity contribution in [2.24, 2.45) is 0 Å². The van der Waals surface area contributed by atoms with Crippen molar-refractivity contribution < 1.29 is 14.4 Å². The van der Waals surface area contributed by atoms with Crippen LogP contribution >= 0.6 is 0 Å². The number of methoxy groups -OCH3 is 1. The van der Waals surface area contributed by atoms with Crippen LogP contribution in [0.5, 0.6) is 5.75 Å². The van der Waals surface area contributed by atoms with Crippen LogP contribution in [0, 0.1) is 0 Å². The molecule has 158 valence electrons. The summed E-state index contributed by atoms with van der Waals surface area (Å²) in [7, 11) is 1.62. The van der Waals surface area contributed by atoms with Gasteiger partial charge in [0, 0.05) is 25.5 Å². The highest BCUT2D eigenvalue weighted by Crippen LogP contribution is 2.23. The first-order valence-electron chi connectivity index (χ1n) is 10.7. The van der Waals surface area contributed by atoms with Gasteiger partial charge in [-0.2, -0.15) is 0 Å². The van der Waals surface area contributed by atoms with Gasteiger partial charge in [0.1, 0.15) is 5.75 Å². The molecule has 1 aromatic carbocycles. The van der Waals surface area contributed by atoms with E-state index >= 15 is 0 Å². The smallest absolute Gasteiger partial charge is 0.258 e. The zero-order valence-corrected chi connectivity index (χ0v) is 17.1. The Morgan fingerprint density at radius 3 is 2.93 bits per heavy atom. The highest BCUT2D eigenvalue weighted by molar-refractivity contribution is 5.80. The number of hydrogen-bond donors (Lipinski definition) is 2. The molecule has 9 nitrogen and oxygen atoms in total. The molecule has 0 aliphatic carbocycles. The van der Waals surface area contributed by atoms with E-state index in [0.717, 1.165) is 62.1 Å². The first-order valence-corrected chi connectivity index (χ1v) is 10.7. The number of aromatic amines is 1. The van der Waals surface area contributed by atoms with Gasteiger partial charge >= 0.3 is 0 Å². The number of likely N-dealkylation sites (tertiary alicyclic amines) is 1. The van der Waals surface area contributed by atoms with Crippen molar-refractivity contribution >= 4 is 10.9 Å². The van der Waals surface area contributed by atoms with Crippen molar-refractivity contribution in [1.82, 2.24) is 25.2 Å². The maximum absolute atomic E-state index is 13.2. The van der Waals surface area contributed by atoms with Gasteiger partial charge in [0.15, 0.2) is 6.04 Å². The Morgan fingerprint density at radius 1 is 1.30 bits per heavy atom. The Labute approximate surface area is 174 Å². The van der Waals surface area contributed by atoms with Crippen molar-refractivity contribution in [1.29, 1.82) is 0 Å². The number of hydrogen-bond acceptors (Lipinski definition) is 6. The first-order chi connectivity index (χ1) is 14.7. The standard InChI is InChI=1S/C21H26N6O3/c1-29-15-7-6-14-11-17(21(28)22-18(14)12-15)19(26-8-2-3-9-26)20-23-24-25-27(20)13-16-5-4-10-30-16/h6-7,11-12,16,19H,2-5,8-10,13H2,1H3,(H,22,28)/p+1/t16-,19-/m1/s1. The summed E-state index contributed by atoms with van der Waals surface area (Å²) in [6, 6.07) is 7.50. The van der Waals surface area contributed by atoms with Gasteiger partial charge in [0.2, 0.25) is 5.82 Å². The van der Waals surface area contributed by atoms with Crippen LogP contribution in [0.2, 0.25) is 0 Å². The van der Waals surface area contributed by atoms with Crippen LogP contribution in [0.15, 0.2) is 29.1 Å². The van der Waals surface area contributed by atoms with Crippen LogP contribution in [-0.4, -0.2) is 58.1 Å². The van der Waals surface area contributed by atoms with Gasteiger partial charge in [-0.3, -0.25) is 4.79 Å². The summed E-state index contributed by atoms with van der Waals surface area (Å²) >= 11 is 0. The Kier molecular flexibility index (Phi) is 5.22. The second-order valence-electron chi connectivity index (χ2n) is 8.16. The van der Waals surface area contributed by atoms with Crippen LogP contribution in [-0.2, 0) is 11.3 Å². The van der Waals surface area contributed by atoms with Crippen LogP contribution in [0.25, 0.3) is 10.9 Å². The molecule has 2 saturated heterocycles. The maximum Gasteiger partial charge on any atom is 0.258 e. The number of quaternary nitrogens is 1. The fourth-order valence-electron chi connectivity index (χ4n) is 4.73. The quantitative estimate of drug-likeness (QED) is 0.612. The molecule has 30 heavy (non-hydrogen) atoms. The number of tetrazole rings is 1. The van der Waals surface area contributed by atoms with E-state index in [1.165, 1.54) is 4.90 Å². The average molecular weight is 411 g/mol. The monoisotopic (exact) mass is 411 g/mol. The van der Waals surface area contributed by atoms with Crippen molar-refractivity contribution in [3.63, 3.8) is 0 Å². The lowest BCUT2D eigenvalue weighted by Crippen LogP contribution is -3.10. The molecule has 2 aliphatic heterocycles. The summed E-state index contributed by atoms with van der Waals surface area (Å²) in [6.07, 6.45) is 4.49. The molecule has 2 atom stereocenters. The van der Waals surface area contributed by atoms with E-state index in [1.54, 1.807) is 7.11 Å². The first kappa shape index (κ1) is 19.2. The number of aromatic nitrogens is 5. The minimum absolute atomic E-state index is 0.105. The normalized spacial score (nSPS) is 20.8. The molecule has 0 bridgehead atoms. The largest absolute Gasteiger partial charge is 0.497 e. The molecule has 0 unspecified atom stereocenters. The predicted molar refractivity (Wildman–Crippen MR) is 110 cm³/mol. The molecule has 0 amide bonds. The SMILES string of the molecule is COc1ccc2cc([C@H](c3nnnn3C[C@H]3CCCO3)[NH+]3CCCC3)c(=O)[nH]c2c1. The fraction of sp³-hybridized carbons (Fsp3) is 0.524. The van der Waals surface area contributed by atoms with E-state index in [9.17, 15) is 4.79 Å². The van der Waals surface area contributed by atoms with Gasteiger partial charge in [-0.05, 0) is 46.9 Å². The van der Waals surface area contributed by atoms with Gasteiger partial charge in [0.25, 0.3) is 5.56 Å². The summed E-state index contributed by atoms with van der Waals surface area (Å²) in [5, 5.41) is 13.6. The number of nitrogens with one attached hydrogen (secondary N) is 2. The molecule has 3 aromatic rings. The average Bonchev–Trinajstić information content (AvgIpc) is 3.53. The molecule has 0 saturated carbocycles. The molecule has 9 heteroatoms. The van der Waals surface area contributed by atoms with Crippen molar-refractivity contribution in [2.75, 3.05) is 26.8 Å². The minimum Gasteiger partial charge on any atom is -0.497 e. The van der Waals surface area contributed by atoms with E-state index < -0.39 is 0 Å². The van der Waals surface area contributed by atoms with Gasteiger partial charge < -0.3 is 19.4 Å². The van der Waals surface area contributed by atoms with Crippen molar-refractivity contribution in [3.05, 3.63) is 46.0 Å². The third-order valence-electron chi connectivity index (χ3n) is 6.27. The van der Waals surface area contributed by atoms with Gasteiger partial charge in [-0.15, -0.1) is 5.10 Å². The summed E-state index contributed by atoms with van der Waals surface area (Å²) in [5.74, 6) is 1.45. The Hall–Kier alpha value is -2.78. The topological polar surface area (TPSA) is 99.4 Å². The van der Waals surface area contributed by atoms with Crippen molar-refractivity contribution in [3.8, 4) is 5.75 Å². The molecule has 2 fully saturated rings. The van der Waals surface area contributed by atoms with E-state index in [1.807, 2.05) is 28.9 Å². The highest BCUT2D eigenvalue weighted by atomic mass is 16.5. The predicted octanol–water partition coefficient (Wildman–Crippen LogP) is 0.470. The number of rotatable bonds is 6. The number of benzene rings is 1. The third-order valence-corrected chi connectivity index (χ3v) is 6.27.